The molecule has 0 radical (unpaired) electrons. The number of likely N-dealkylation sites (tertiary alicyclic amines) is 1. The predicted octanol–water partition coefficient (Wildman–Crippen LogP) is 0.0979. The lowest BCUT2D eigenvalue weighted by Gasteiger charge is -2.11. The van der Waals surface area contributed by atoms with Crippen LogP contribution in [0.3, 0.4) is 0 Å². The Hall–Kier alpha value is -0.970. The molecule has 0 aromatic rings. The fraction of sp³-hybridized carbons (Fsp3) is 0.625. The molecule has 1 heterocycles. The Kier molecular flexibility index (Phi) is 0.792. The highest BCUT2D eigenvalue weighted by Gasteiger charge is 2.65. The minimum atomic E-state index is -0.352. The summed E-state index contributed by atoms with van der Waals surface area (Å²) in [7, 11) is 1.81. The quantitative estimate of drug-likeness (QED) is 0.431. The van der Waals surface area contributed by atoms with E-state index >= 15 is 0 Å². The monoisotopic (exact) mass is 135 g/mol. The highest BCUT2D eigenvalue weighted by atomic mass is 16.2. The average molecular weight is 135 g/mol. The lowest BCUT2D eigenvalue weighted by atomic mass is 10.1. The second-order valence-electron chi connectivity index (χ2n) is 3.20. The van der Waals surface area contributed by atoms with Crippen molar-refractivity contribution >= 4 is 5.91 Å². The van der Waals surface area contributed by atoms with Crippen molar-refractivity contribution in [1.29, 1.82) is 0 Å². The van der Waals surface area contributed by atoms with Crippen molar-refractivity contribution in [3.05, 3.63) is 0 Å². The zero-order valence-electron chi connectivity index (χ0n) is 5.92. The van der Waals surface area contributed by atoms with Gasteiger partial charge < -0.3 is 4.90 Å². The van der Waals surface area contributed by atoms with Gasteiger partial charge in [-0.2, -0.15) is 0 Å². The first-order valence-corrected chi connectivity index (χ1v) is 3.44. The van der Waals surface area contributed by atoms with Gasteiger partial charge in [-0.05, 0) is 6.42 Å². The molecule has 10 heavy (non-hydrogen) atoms. The molecule has 0 aromatic carbocycles. The maximum absolute atomic E-state index is 11.3. The SMILES string of the molecule is C#CC12CC1CN(C)C2=O. The molecule has 2 rings (SSSR count). The van der Waals surface area contributed by atoms with E-state index in [9.17, 15) is 4.79 Å². The van der Waals surface area contributed by atoms with Crippen LogP contribution in [0.5, 0.6) is 0 Å². The molecule has 1 amide bonds. The molecule has 0 aromatic heterocycles. The van der Waals surface area contributed by atoms with Gasteiger partial charge in [-0.1, -0.05) is 5.92 Å². The Labute approximate surface area is 60.2 Å². The highest BCUT2D eigenvalue weighted by molar-refractivity contribution is 5.92. The first-order valence-electron chi connectivity index (χ1n) is 3.44. The number of amides is 1. The van der Waals surface area contributed by atoms with E-state index in [0.29, 0.717) is 5.92 Å². The van der Waals surface area contributed by atoms with Gasteiger partial charge in [-0.15, -0.1) is 6.42 Å². The van der Waals surface area contributed by atoms with Crippen molar-refractivity contribution < 1.29 is 4.79 Å². The third-order valence-corrected chi connectivity index (χ3v) is 2.59. The Bertz CT molecular complexity index is 240. The van der Waals surface area contributed by atoms with Crippen molar-refractivity contribution in [3.8, 4) is 12.3 Å². The van der Waals surface area contributed by atoms with Crippen LogP contribution in [-0.2, 0) is 4.79 Å². The lowest BCUT2D eigenvalue weighted by Crippen LogP contribution is -2.27. The van der Waals surface area contributed by atoms with Gasteiger partial charge in [0.1, 0.15) is 5.41 Å². The Morgan fingerprint density at radius 1 is 1.90 bits per heavy atom. The molecule has 2 heteroatoms. The number of fused-ring (bicyclic) bond motifs is 1. The summed E-state index contributed by atoms with van der Waals surface area (Å²) >= 11 is 0. The van der Waals surface area contributed by atoms with Gasteiger partial charge in [-0.25, -0.2) is 0 Å². The number of carbonyl (C=O) groups excluding carboxylic acids is 1. The molecule has 1 saturated carbocycles. The number of nitrogens with zero attached hydrogens (tertiary/aromatic N) is 1. The maximum atomic E-state index is 11.3. The molecule has 2 aliphatic rings. The minimum Gasteiger partial charge on any atom is -0.344 e. The van der Waals surface area contributed by atoms with E-state index in [4.69, 9.17) is 6.42 Å². The fourth-order valence-electron chi connectivity index (χ4n) is 1.80. The first kappa shape index (κ1) is 5.79. The number of carbonyl (C=O) groups is 1. The second kappa shape index (κ2) is 1.37. The van der Waals surface area contributed by atoms with E-state index in [2.05, 4.69) is 5.92 Å². The number of piperidine rings is 1. The number of rotatable bonds is 0. The molecule has 1 aliphatic carbocycles. The molecule has 2 atom stereocenters. The van der Waals surface area contributed by atoms with E-state index in [1.807, 2.05) is 7.05 Å². The van der Waals surface area contributed by atoms with Crippen molar-refractivity contribution in [2.75, 3.05) is 13.6 Å². The zero-order chi connectivity index (χ0) is 7.35. The summed E-state index contributed by atoms with van der Waals surface area (Å²) in [5.41, 5.74) is -0.352. The first-order chi connectivity index (χ1) is 4.70. The Morgan fingerprint density at radius 2 is 2.60 bits per heavy atom. The van der Waals surface area contributed by atoms with Crippen LogP contribution in [0, 0.1) is 23.7 Å². The van der Waals surface area contributed by atoms with Crippen LogP contribution >= 0.6 is 0 Å². The smallest absolute Gasteiger partial charge is 0.240 e. The fourth-order valence-corrected chi connectivity index (χ4v) is 1.80. The van der Waals surface area contributed by atoms with Crippen molar-refractivity contribution in [1.82, 2.24) is 4.90 Å². The minimum absolute atomic E-state index is 0.153. The van der Waals surface area contributed by atoms with Gasteiger partial charge in [-0.3, -0.25) is 4.79 Å². The van der Waals surface area contributed by atoms with Gasteiger partial charge in [0.2, 0.25) is 5.91 Å². The molecule has 0 spiro atoms. The third kappa shape index (κ3) is 0.408. The summed E-state index contributed by atoms with van der Waals surface area (Å²) in [5, 5.41) is 0. The zero-order valence-corrected chi connectivity index (χ0v) is 5.92. The Balaban J connectivity index is 2.33. The van der Waals surface area contributed by atoms with Crippen molar-refractivity contribution in [2.45, 2.75) is 6.42 Å². The van der Waals surface area contributed by atoms with Gasteiger partial charge in [0, 0.05) is 19.5 Å². The lowest BCUT2D eigenvalue weighted by molar-refractivity contribution is -0.130. The van der Waals surface area contributed by atoms with E-state index in [1.54, 1.807) is 4.90 Å². The maximum Gasteiger partial charge on any atom is 0.240 e. The van der Waals surface area contributed by atoms with Crippen molar-refractivity contribution in [2.24, 2.45) is 11.3 Å². The molecule has 2 fully saturated rings. The predicted molar refractivity (Wildman–Crippen MR) is 37.0 cm³/mol. The van der Waals surface area contributed by atoms with Crippen LogP contribution in [0.1, 0.15) is 6.42 Å². The largest absolute Gasteiger partial charge is 0.344 e. The molecule has 2 nitrogen and oxygen atoms in total. The average Bonchev–Trinajstić information content (AvgIpc) is 2.57. The molecule has 52 valence electrons. The van der Waals surface area contributed by atoms with Crippen LogP contribution in [-0.4, -0.2) is 24.4 Å². The molecule has 0 N–H and O–H groups in total. The standard InChI is InChI=1S/C8H9NO/c1-3-8-4-6(8)5-9(2)7(8)10/h1,6H,4-5H2,2H3. The van der Waals surface area contributed by atoms with Crippen LogP contribution < -0.4 is 0 Å². The molecule has 0 bridgehead atoms. The van der Waals surface area contributed by atoms with Gasteiger partial charge in [0.05, 0.1) is 0 Å². The van der Waals surface area contributed by atoms with Crippen LogP contribution in [0.4, 0.5) is 0 Å². The Morgan fingerprint density at radius 3 is 2.90 bits per heavy atom. The molecular weight excluding hydrogens is 126 g/mol. The van der Waals surface area contributed by atoms with Gasteiger partial charge >= 0.3 is 0 Å². The molecule has 1 saturated heterocycles. The van der Waals surface area contributed by atoms with E-state index < -0.39 is 0 Å². The normalized spacial score (nSPS) is 43.0. The summed E-state index contributed by atoms with van der Waals surface area (Å²) in [6.07, 6.45) is 6.19. The topological polar surface area (TPSA) is 20.3 Å². The number of terminal acetylenes is 1. The van der Waals surface area contributed by atoms with Gasteiger partial charge in [0.15, 0.2) is 0 Å². The van der Waals surface area contributed by atoms with E-state index in [-0.39, 0.29) is 11.3 Å². The molecular formula is C8H9NO. The number of hydrogen-bond donors (Lipinski definition) is 0. The summed E-state index contributed by atoms with van der Waals surface area (Å²) in [4.78, 5) is 13.0. The molecule has 1 aliphatic heterocycles. The van der Waals surface area contributed by atoms with Crippen LogP contribution in [0.2, 0.25) is 0 Å². The third-order valence-electron chi connectivity index (χ3n) is 2.59. The molecule has 2 unspecified atom stereocenters. The van der Waals surface area contributed by atoms with Crippen molar-refractivity contribution in [3.63, 3.8) is 0 Å². The second-order valence-corrected chi connectivity index (χ2v) is 3.20. The van der Waals surface area contributed by atoms with E-state index in [0.717, 1.165) is 13.0 Å². The van der Waals surface area contributed by atoms with E-state index in [1.165, 1.54) is 0 Å². The van der Waals surface area contributed by atoms with Crippen LogP contribution in [0.25, 0.3) is 0 Å². The van der Waals surface area contributed by atoms with Gasteiger partial charge in [0.25, 0.3) is 0 Å². The van der Waals surface area contributed by atoms with Crippen LogP contribution in [0.15, 0.2) is 0 Å². The number of hydrogen-bond acceptors (Lipinski definition) is 1. The summed E-state index contributed by atoms with van der Waals surface area (Å²) in [6, 6.07) is 0. The highest BCUT2D eigenvalue weighted by Crippen LogP contribution is 2.57. The summed E-state index contributed by atoms with van der Waals surface area (Å²) in [6.45, 7) is 0.864. The summed E-state index contributed by atoms with van der Waals surface area (Å²) < 4.78 is 0. The summed E-state index contributed by atoms with van der Waals surface area (Å²) in [5.74, 6) is 3.22.